The number of hydrogen-bond acceptors (Lipinski definition) is 7. The summed E-state index contributed by atoms with van der Waals surface area (Å²) in [5.74, 6) is 0.519. The summed E-state index contributed by atoms with van der Waals surface area (Å²) in [5, 5.41) is 1.13. The molecule has 1 saturated heterocycles. The summed E-state index contributed by atoms with van der Waals surface area (Å²) >= 11 is 3.15. The SMILES string of the molecule is COc1ccc2cc(-c3ccc([C@@]4(CC(=O)OCC[Si](C)(C)C)CCCCS4(=O)=O)s3)sc2c1. The third kappa shape index (κ3) is 5.27. The molecule has 3 aromatic rings. The van der Waals surface area contributed by atoms with E-state index in [2.05, 4.69) is 25.7 Å². The lowest BCUT2D eigenvalue weighted by Gasteiger charge is -2.35. The van der Waals surface area contributed by atoms with E-state index in [0.717, 1.165) is 42.9 Å². The fraction of sp³-hybridized carbons (Fsp3) is 0.480. The van der Waals surface area contributed by atoms with Gasteiger partial charge in [-0.05, 0) is 60.7 Å². The topological polar surface area (TPSA) is 69.7 Å². The lowest BCUT2D eigenvalue weighted by atomic mass is 9.95. The Morgan fingerprint density at radius 2 is 1.85 bits per heavy atom. The maximum Gasteiger partial charge on any atom is 0.307 e. The fourth-order valence-electron chi connectivity index (χ4n) is 4.35. The minimum absolute atomic E-state index is 0.107. The van der Waals surface area contributed by atoms with Crippen molar-refractivity contribution in [1.82, 2.24) is 0 Å². The second kappa shape index (κ2) is 9.76. The van der Waals surface area contributed by atoms with Gasteiger partial charge in [-0.3, -0.25) is 4.79 Å². The monoisotopic (exact) mass is 536 g/mol. The number of sulfone groups is 1. The van der Waals surface area contributed by atoms with Crippen LogP contribution < -0.4 is 4.74 Å². The minimum atomic E-state index is -3.48. The van der Waals surface area contributed by atoms with Crippen molar-refractivity contribution in [3.8, 4) is 15.5 Å². The average Bonchev–Trinajstić information content (AvgIpc) is 3.41. The van der Waals surface area contributed by atoms with Crippen molar-refractivity contribution in [2.45, 2.75) is 56.1 Å². The largest absolute Gasteiger partial charge is 0.497 e. The second-order valence-corrected chi connectivity index (χ2v) is 20.4. The van der Waals surface area contributed by atoms with Crippen molar-refractivity contribution in [2.24, 2.45) is 0 Å². The summed E-state index contributed by atoms with van der Waals surface area (Å²) in [7, 11) is -3.17. The highest BCUT2D eigenvalue weighted by molar-refractivity contribution is 7.92. The summed E-state index contributed by atoms with van der Waals surface area (Å²) in [6.07, 6.45) is 1.79. The van der Waals surface area contributed by atoms with Crippen LogP contribution in [0.15, 0.2) is 36.4 Å². The molecule has 3 heterocycles. The quantitative estimate of drug-likeness (QED) is 0.237. The number of esters is 1. The van der Waals surface area contributed by atoms with Crippen LogP contribution >= 0.6 is 22.7 Å². The van der Waals surface area contributed by atoms with E-state index in [4.69, 9.17) is 9.47 Å². The Morgan fingerprint density at radius 3 is 2.56 bits per heavy atom. The number of methoxy groups -OCH3 is 1. The molecule has 0 aliphatic carbocycles. The standard InChI is InChI=1S/C25H32O5S3Si/c1-29-19-8-7-18-15-22(31-21(18)16-19)20-9-10-23(32-20)25(11-5-6-13-33(25,27)28)17-24(26)30-12-14-34(2,3)4/h7-10,15-16H,5-6,11-14,17H2,1-4H3/t25-/m0/s1. The Kier molecular flexibility index (Phi) is 7.29. The Morgan fingerprint density at radius 1 is 1.06 bits per heavy atom. The first kappa shape index (κ1) is 25.4. The molecule has 4 rings (SSSR count). The molecule has 0 radical (unpaired) electrons. The zero-order valence-corrected chi connectivity index (χ0v) is 23.6. The smallest absolute Gasteiger partial charge is 0.307 e. The van der Waals surface area contributed by atoms with Gasteiger partial charge in [-0.25, -0.2) is 8.42 Å². The van der Waals surface area contributed by atoms with E-state index in [0.29, 0.717) is 19.4 Å². The average molecular weight is 537 g/mol. The molecule has 1 aliphatic rings. The van der Waals surface area contributed by atoms with Gasteiger partial charge < -0.3 is 9.47 Å². The number of rotatable bonds is 8. The molecule has 0 spiro atoms. The van der Waals surface area contributed by atoms with Gasteiger partial charge in [-0.15, -0.1) is 22.7 Å². The summed E-state index contributed by atoms with van der Waals surface area (Å²) in [5.41, 5.74) is 0. The summed E-state index contributed by atoms with van der Waals surface area (Å²) < 4.78 is 37.7. The number of hydrogen-bond donors (Lipinski definition) is 0. The van der Waals surface area contributed by atoms with Crippen LogP contribution in [-0.2, 0) is 24.1 Å². The second-order valence-electron chi connectivity index (χ2n) is 10.2. The molecule has 34 heavy (non-hydrogen) atoms. The van der Waals surface area contributed by atoms with Gasteiger partial charge in [0.1, 0.15) is 10.5 Å². The highest BCUT2D eigenvalue weighted by atomic mass is 32.2. The van der Waals surface area contributed by atoms with Gasteiger partial charge in [0.15, 0.2) is 9.84 Å². The van der Waals surface area contributed by atoms with Crippen LogP contribution in [0.25, 0.3) is 19.8 Å². The van der Waals surface area contributed by atoms with E-state index in [-0.39, 0.29) is 12.2 Å². The molecule has 5 nitrogen and oxygen atoms in total. The molecule has 1 fully saturated rings. The molecular formula is C25H32O5S3Si. The number of carbonyl (C=O) groups is 1. The van der Waals surface area contributed by atoms with Gasteiger partial charge in [-0.2, -0.15) is 0 Å². The normalized spacial score (nSPS) is 20.4. The van der Waals surface area contributed by atoms with Crippen molar-refractivity contribution < 1.29 is 22.7 Å². The molecule has 9 heteroatoms. The van der Waals surface area contributed by atoms with Crippen LogP contribution in [0.2, 0.25) is 25.7 Å². The van der Waals surface area contributed by atoms with Crippen LogP contribution in [0.3, 0.4) is 0 Å². The predicted octanol–water partition coefficient (Wildman–Crippen LogP) is 6.70. The van der Waals surface area contributed by atoms with E-state index < -0.39 is 28.6 Å². The van der Waals surface area contributed by atoms with Crippen molar-refractivity contribution >= 4 is 56.6 Å². The van der Waals surface area contributed by atoms with Crippen LogP contribution in [0.5, 0.6) is 5.75 Å². The van der Waals surface area contributed by atoms with Crippen LogP contribution in [0, 0.1) is 0 Å². The molecule has 1 aromatic carbocycles. The first-order chi connectivity index (χ1) is 16.0. The number of thiophene rings is 2. The first-order valence-corrected chi connectivity index (χ1v) is 18.6. The molecule has 1 aliphatic heterocycles. The predicted molar refractivity (Wildman–Crippen MR) is 145 cm³/mol. The van der Waals surface area contributed by atoms with Crippen molar-refractivity contribution in [3.05, 3.63) is 41.3 Å². The van der Waals surface area contributed by atoms with Crippen molar-refractivity contribution in [1.29, 1.82) is 0 Å². The molecule has 184 valence electrons. The maximum absolute atomic E-state index is 13.4. The Bertz CT molecular complexity index is 1290. The van der Waals surface area contributed by atoms with Gasteiger partial charge in [0.05, 0.1) is 25.9 Å². The van der Waals surface area contributed by atoms with Gasteiger partial charge in [0.25, 0.3) is 0 Å². The fourth-order valence-corrected chi connectivity index (χ4v) is 10.00. The van der Waals surface area contributed by atoms with E-state index in [1.807, 2.05) is 30.3 Å². The number of fused-ring (bicyclic) bond motifs is 1. The van der Waals surface area contributed by atoms with Gasteiger partial charge in [-0.1, -0.05) is 26.1 Å². The molecular weight excluding hydrogens is 505 g/mol. The van der Waals surface area contributed by atoms with E-state index in [1.165, 1.54) is 11.3 Å². The molecule has 2 aromatic heterocycles. The van der Waals surface area contributed by atoms with E-state index in [9.17, 15) is 13.2 Å². The highest BCUT2D eigenvalue weighted by Gasteiger charge is 2.49. The maximum atomic E-state index is 13.4. The first-order valence-electron chi connectivity index (χ1n) is 11.6. The molecule has 0 bridgehead atoms. The molecule has 0 amide bonds. The van der Waals surface area contributed by atoms with Gasteiger partial charge in [0, 0.05) is 27.4 Å². The lowest BCUT2D eigenvalue weighted by Crippen LogP contribution is -2.42. The number of carbonyl (C=O) groups excluding carboxylic acids is 1. The van der Waals surface area contributed by atoms with E-state index in [1.54, 1.807) is 18.4 Å². The lowest BCUT2D eigenvalue weighted by molar-refractivity contribution is -0.144. The Balaban J connectivity index is 1.64. The summed E-state index contributed by atoms with van der Waals surface area (Å²) in [6.45, 7) is 7.05. The van der Waals surface area contributed by atoms with Crippen LogP contribution in [0.1, 0.15) is 30.6 Å². The molecule has 0 N–H and O–H groups in total. The third-order valence-corrected chi connectivity index (χ3v) is 13.4. The number of benzene rings is 1. The van der Waals surface area contributed by atoms with E-state index >= 15 is 0 Å². The van der Waals surface area contributed by atoms with Gasteiger partial charge in [0.2, 0.25) is 0 Å². The van der Waals surface area contributed by atoms with Crippen LogP contribution in [0.4, 0.5) is 0 Å². The molecule has 0 saturated carbocycles. The Labute approximate surface area is 211 Å². The molecule has 0 unspecified atom stereocenters. The van der Waals surface area contributed by atoms with Crippen LogP contribution in [-0.4, -0.2) is 41.9 Å². The minimum Gasteiger partial charge on any atom is -0.497 e. The van der Waals surface area contributed by atoms with Crippen molar-refractivity contribution in [3.63, 3.8) is 0 Å². The zero-order valence-electron chi connectivity index (χ0n) is 20.2. The van der Waals surface area contributed by atoms with Crippen molar-refractivity contribution in [2.75, 3.05) is 19.5 Å². The summed E-state index contributed by atoms with van der Waals surface area (Å²) in [4.78, 5) is 15.7. The highest BCUT2D eigenvalue weighted by Crippen LogP contribution is 2.48. The zero-order chi connectivity index (χ0) is 24.6. The number of ether oxygens (including phenoxy) is 2. The summed E-state index contributed by atoms with van der Waals surface area (Å²) in [6, 6.07) is 12.9. The van der Waals surface area contributed by atoms with Gasteiger partial charge >= 0.3 is 5.97 Å². The Hall–Kier alpha value is -1.68. The third-order valence-electron chi connectivity index (χ3n) is 6.41. The molecule has 1 atom stereocenters.